The Bertz CT molecular complexity index is 294. The van der Waals surface area contributed by atoms with Crippen LogP contribution in [0.3, 0.4) is 0 Å². The van der Waals surface area contributed by atoms with Gasteiger partial charge in [-0.05, 0) is 71.5 Å². The fourth-order valence-corrected chi connectivity index (χ4v) is 3.13. The third-order valence-electron chi connectivity index (χ3n) is 5.24. The first kappa shape index (κ1) is 24.6. The van der Waals surface area contributed by atoms with Gasteiger partial charge in [-0.2, -0.15) is 0 Å². The zero-order valence-corrected chi connectivity index (χ0v) is 19.3. The normalized spacial score (nSPS) is 24.1. The van der Waals surface area contributed by atoms with Crippen molar-refractivity contribution in [1.82, 2.24) is 0 Å². The van der Waals surface area contributed by atoms with Crippen LogP contribution >= 0.6 is 0 Å². The fourth-order valence-electron chi connectivity index (χ4n) is 3.13. The van der Waals surface area contributed by atoms with Gasteiger partial charge >= 0.3 is 19.5 Å². The summed E-state index contributed by atoms with van der Waals surface area (Å²) in [6, 6.07) is 0. The van der Waals surface area contributed by atoms with Crippen molar-refractivity contribution >= 4 is 0 Å². The van der Waals surface area contributed by atoms with E-state index in [2.05, 4.69) is 95.4 Å². The van der Waals surface area contributed by atoms with E-state index in [-0.39, 0.29) is 30.3 Å². The van der Waals surface area contributed by atoms with E-state index in [1.54, 1.807) is 0 Å². The fraction of sp³-hybridized carbons (Fsp3) is 0.565. The Morgan fingerprint density at radius 3 is 0.875 bits per heavy atom. The van der Waals surface area contributed by atoms with Crippen LogP contribution in [0.25, 0.3) is 0 Å². The van der Waals surface area contributed by atoms with Crippen LogP contribution in [0, 0.1) is 71.5 Å². The van der Waals surface area contributed by atoms with Crippen LogP contribution in [-0.2, 0) is 19.5 Å². The molecule has 0 amide bonds. The molecule has 0 saturated heterocycles. The molecule has 0 heterocycles. The van der Waals surface area contributed by atoms with Crippen molar-refractivity contribution in [2.75, 3.05) is 0 Å². The Balaban J connectivity index is 0.000000436. The maximum atomic E-state index is 2.28. The summed E-state index contributed by atoms with van der Waals surface area (Å²) in [5.41, 5.74) is 0.540. The predicted molar refractivity (Wildman–Crippen MR) is 103 cm³/mol. The topological polar surface area (TPSA) is 0 Å². The average molecular weight is 414 g/mol. The number of hydrogen-bond donors (Lipinski definition) is 0. The summed E-state index contributed by atoms with van der Waals surface area (Å²) in [4.78, 5) is 0. The Hall–Kier alpha value is 0.623. The second-order valence-corrected chi connectivity index (χ2v) is 8.98. The van der Waals surface area contributed by atoms with Crippen LogP contribution in [0.15, 0.2) is 0 Å². The van der Waals surface area contributed by atoms with E-state index in [1.165, 1.54) is 41.4 Å². The molecule has 0 aromatic heterocycles. The average Bonchev–Trinajstić information content (AvgIpc) is 2.98. The van der Waals surface area contributed by atoms with Crippen LogP contribution in [0.5, 0.6) is 0 Å². The van der Waals surface area contributed by atoms with Gasteiger partial charge < -0.3 is 0 Å². The maximum absolute atomic E-state index is 2.28. The molecule has 0 aromatic carbocycles. The van der Waals surface area contributed by atoms with Crippen molar-refractivity contribution < 1.29 is 19.5 Å². The number of rotatable bonds is 0. The zero-order chi connectivity index (χ0) is 18.2. The maximum Gasteiger partial charge on any atom is 2.00 e. The van der Waals surface area contributed by atoms with Crippen molar-refractivity contribution in [2.45, 2.75) is 76.2 Å². The smallest absolute Gasteiger partial charge is 0.0596 e. The minimum atomic E-state index is 0. The van der Waals surface area contributed by atoms with Gasteiger partial charge in [-0.3, -0.25) is 0 Å². The molecular formula is C23H36Ru+2. The van der Waals surface area contributed by atoms with Gasteiger partial charge in [0.15, 0.2) is 0 Å². The second-order valence-electron chi connectivity index (χ2n) is 8.98. The Morgan fingerprint density at radius 1 is 0.500 bits per heavy atom. The first-order chi connectivity index (χ1) is 10.3. The van der Waals surface area contributed by atoms with Crippen molar-refractivity contribution in [1.29, 1.82) is 0 Å². The molecule has 2 fully saturated rings. The van der Waals surface area contributed by atoms with Gasteiger partial charge in [0, 0.05) is 0 Å². The second kappa shape index (κ2) is 9.01. The molecule has 10 radical (unpaired) electrons. The van der Waals surface area contributed by atoms with E-state index in [1.807, 2.05) is 0 Å². The molecule has 2 saturated carbocycles. The van der Waals surface area contributed by atoms with Gasteiger partial charge in [0.1, 0.15) is 0 Å². The summed E-state index contributed by atoms with van der Waals surface area (Å²) in [5, 5.41) is 0. The van der Waals surface area contributed by atoms with Crippen molar-refractivity contribution in [3.8, 4) is 0 Å². The molecule has 0 nitrogen and oxygen atoms in total. The predicted octanol–water partition coefficient (Wildman–Crippen LogP) is 6.82. The van der Waals surface area contributed by atoms with E-state index in [0.29, 0.717) is 0 Å². The molecule has 2 aliphatic rings. The van der Waals surface area contributed by atoms with Gasteiger partial charge in [0.25, 0.3) is 0 Å². The molecule has 0 aliphatic heterocycles. The van der Waals surface area contributed by atoms with E-state index in [0.717, 1.165) is 0 Å². The summed E-state index contributed by atoms with van der Waals surface area (Å²) in [5.74, 6) is 10.3. The monoisotopic (exact) mass is 414 g/mol. The Labute approximate surface area is 167 Å². The van der Waals surface area contributed by atoms with Gasteiger partial charge in [0.2, 0.25) is 0 Å². The van der Waals surface area contributed by atoms with E-state index in [9.17, 15) is 0 Å². The van der Waals surface area contributed by atoms with Crippen LogP contribution in [0.4, 0.5) is 0 Å². The third-order valence-corrected chi connectivity index (χ3v) is 5.24. The largest absolute Gasteiger partial charge is 2.00 e. The molecule has 0 bridgehead atoms. The molecule has 2 aliphatic carbocycles. The summed E-state index contributed by atoms with van der Waals surface area (Å²) < 4.78 is 0. The van der Waals surface area contributed by atoms with E-state index >= 15 is 0 Å². The minimum Gasteiger partial charge on any atom is -0.0596 e. The van der Waals surface area contributed by atoms with Gasteiger partial charge in [-0.25, -0.2) is 0 Å². The van der Waals surface area contributed by atoms with Crippen LogP contribution < -0.4 is 0 Å². The van der Waals surface area contributed by atoms with Gasteiger partial charge in [0.05, 0.1) is 0 Å². The first-order valence-electron chi connectivity index (χ1n) is 8.74. The molecule has 0 unspecified atom stereocenters. The molecule has 1 heteroatoms. The summed E-state index contributed by atoms with van der Waals surface area (Å²) >= 11 is 0. The standard InChI is InChI=1S/C13H21.C10H15.Ru/c1-12(2,3)10-8-7-9-11(10)13(4,5)6;1-6-7(2)9(4)10(5)8(6)3;/h7-9H,1-6H3;1-5H3;/q;;+2. The quantitative estimate of drug-likeness (QED) is 0.382. The summed E-state index contributed by atoms with van der Waals surface area (Å²) in [6.45, 7) is 24.6. The first-order valence-corrected chi connectivity index (χ1v) is 8.74. The number of hydrogen-bond acceptors (Lipinski definition) is 0. The molecule has 24 heavy (non-hydrogen) atoms. The molecule has 134 valence electrons. The van der Waals surface area contributed by atoms with Crippen LogP contribution in [0.1, 0.15) is 76.2 Å². The molecule has 2 rings (SSSR count). The SMILES string of the molecule is CC(C)(C)[C]1[CH][CH][CH][C]1C(C)(C)C.C[C]1[C](C)[C](C)[C](C)[C]1C.[Ru+2]. The van der Waals surface area contributed by atoms with Gasteiger partial charge in [-0.1, -0.05) is 76.2 Å². The minimum absolute atomic E-state index is 0. The van der Waals surface area contributed by atoms with Crippen molar-refractivity contribution in [2.24, 2.45) is 10.8 Å². The molecular weight excluding hydrogens is 377 g/mol. The van der Waals surface area contributed by atoms with E-state index in [4.69, 9.17) is 0 Å². The van der Waals surface area contributed by atoms with Gasteiger partial charge in [-0.15, -0.1) is 0 Å². The third kappa shape index (κ3) is 5.82. The Kier molecular flexibility index (Phi) is 9.25. The van der Waals surface area contributed by atoms with Crippen LogP contribution in [-0.4, -0.2) is 0 Å². The van der Waals surface area contributed by atoms with Crippen molar-refractivity contribution in [3.63, 3.8) is 0 Å². The molecule has 0 N–H and O–H groups in total. The van der Waals surface area contributed by atoms with E-state index < -0.39 is 0 Å². The molecule has 0 spiro atoms. The molecule has 0 atom stereocenters. The molecule has 0 aromatic rings. The zero-order valence-electron chi connectivity index (χ0n) is 17.6. The van der Waals surface area contributed by atoms with Crippen LogP contribution in [0.2, 0.25) is 0 Å². The summed E-state index contributed by atoms with van der Waals surface area (Å²) in [6.07, 6.45) is 6.67. The van der Waals surface area contributed by atoms with Crippen molar-refractivity contribution in [3.05, 3.63) is 60.7 Å². The Morgan fingerprint density at radius 2 is 0.708 bits per heavy atom. The summed E-state index contributed by atoms with van der Waals surface area (Å²) in [7, 11) is 0.